The van der Waals surface area contributed by atoms with Crippen LogP contribution in [0.15, 0.2) is 0 Å². The highest BCUT2D eigenvalue weighted by Crippen LogP contribution is 2.09. The predicted octanol–water partition coefficient (Wildman–Crippen LogP) is 0.404. The molecule has 1 rings (SSSR count). The van der Waals surface area contributed by atoms with Crippen LogP contribution in [-0.4, -0.2) is 55.7 Å². The summed E-state index contributed by atoms with van der Waals surface area (Å²) in [7, 11) is 1.70. The first-order chi connectivity index (χ1) is 7.43. The highest BCUT2D eigenvalue weighted by Gasteiger charge is 2.28. The zero-order valence-electron chi connectivity index (χ0n) is 11.3. The number of ether oxygens (including phenoxy) is 1. The highest BCUT2D eigenvalue weighted by molar-refractivity contribution is 5.86. The zero-order valence-corrected chi connectivity index (χ0v) is 12.9. The van der Waals surface area contributed by atoms with Crippen molar-refractivity contribution in [2.75, 3.05) is 33.4 Å². The second-order valence-corrected chi connectivity index (χ2v) is 4.97. The molecule has 1 saturated heterocycles. The molecular formula is C11H25Cl2N3O2. The largest absolute Gasteiger partial charge is 0.383 e. The van der Waals surface area contributed by atoms with Crippen LogP contribution in [0.4, 0.5) is 0 Å². The highest BCUT2D eigenvalue weighted by atomic mass is 35.5. The monoisotopic (exact) mass is 301 g/mol. The number of nitrogens with zero attached hydrogens (tertiary/aromatic N) is 1. The minimum absolute atomic E-state index is 0. The van der Waals surface area contributed by atoms with Crippen molar-refractivity contribution >= 4 is 30.7 Å². The van der Waals surface area contributed by atoms with E-state index in [1.54, 1.807) is 21.0 Å². The van der Waals surface area contributed by atoms with Crippen LogP contribution in [0, 0.1) is 0 Å². The van der Waals surface area contributed by atoms with Crippen LogP contribution in [0.1, 0.15) is 20.3 Å². The van der Waals surface area contributed by atoms with Gasteiger partial charge in [-0.1, -0.05) is 0 Å². The smallest absolute Gasteiger partial charge is 0.239 e. The Morgan fingerprint density at radius 2 is 2.11 bits per heavy atom. The van der Waals surface area contributed by atoms with Gasteiger partial charge in [-0.15, -0.1) is 24.8 Å². The Labute approximate surface area is 122 Å². The Kier molecular flexibility index (Phi) is 10.1. The van der Waals surface area contributed by atoms with Crippen molar-refractivity contribution in [1.29, 1.82) is 0 Å². The third kappa shape index (κ3) is 6.75. The molecule has 0 bridgehead atoms. The normalized spacial score (nSPS) is 19.9. The second kappa shape index (κ2) is 8.93. The van der Waals surface area contributed by atoms with E-state index < -0.39 is 5.54 Å². The molecule has 0 aromatic carbocycles. The quantitative estimate of drug-likeness (QED) is 0.772. The molecular weight excluding hydrogens is 277 g/mol. The number of amides is 1. The van der Waals surface area contributed by atoms with E-state index in [0.717, 1.165) is 32.7 Å². The Hall–Kier alpha value is -0.0700. The first-order valence-electron chi connectivity index (χ1n) is 5.74. The lowest BCUT2D eigenvalue weighted by Gasteiger charge is -2.22. The van der Waals surface area contributed by atoms with E-state index in [9.17, 15) is 4.79 Å². The fourth-order valence-electron chi connectivity index (χ4n) is 1.75. The fourth-order valence-corrected chi connectivity index (χ4v) is 1.75. The molecule has 0 aromatic heterocycles. The molecule has 1 unspecified atom stereocenters. The Bertz CT molecular complexity index is 247. The number of carbonyl (C=O) groups excluding carboxylic acids is 1. The van der Waals surface area contributed by atoms with Crippen LogP contribution in [0.3, 0.4) is 0 Å². The van der Waals surface area contributed by atoms with Gasteiger partial charge >= 0.3 is 0 Å². The molecule has 18 heavy (non-hydrogen) atoms. The third-order valence-electron chi connectivity index (χ3n) is 2.80. The van der Waals surface area contributed by atoms with Crippen molar-refractivity contribution in [2.45, 2.75) is 31.8 Å². The van der Waals surface area contributed by atoms with Crippen molar-refractivity contribution in [3.63, 3.8) is 0 Å². The molecule has 1 aliphatic heterocycles. The molecule has 1 aliphatic rings. The number of likely N-dealkylation sites (tertiary alicyclic amines) is 1. The lowest BCUT2D eigenvalue weighted by Crippen LogP contribution is -2.52. The van der Waals surface area contributed by atoms with Crippen LogP contribution >= 0.6 is 24.8 Å². The number of carbonyl (C=O) groups is 1. The number of rotatable bonds is 5. The van der Waals surface area contributed by atoms with E-state index in [-0.39, 0.29) is 36.8 Å². The molecule has 1 atom stereocenters. The maximum absolute atomic E-state index is 11.7. The zero-order chi connectivity index (χ0) is 12.2. The van der Waals surface area contributed by atoms with Gasteiger partial charge in [-0.05, 0) is 20.3 Å². The lowest BCUT2D eigenvalue weighted by atomic mass is 10.1. The average Bonchev–Trinajstić information content (AvgIpc) is 2.61. The lowest BCUT2D eigenvalue weighted by molar-refractivity contribution is -0.125. The summed E-state index contributed by atoms with van der Waals surface area (Å²) in [6.45, 7) is 7.02. The number of nitrogens with one attached hydrogen (secondary N) is 1. The molecule has 7 heteroatoms. The van der Waals surface area contributed by atoms with Gasteiger partial charge in [-0.2, -0.15) is 0 Å². The maximum Gasteiger partial charge on any atom is 0.239 e. The van der Waals surface area contributed by atoms with E-state index in [4.69, 9.17) is 10.5 Å². The van der Waals surface area contributed by atoms with Gasteiger partial charge in [0, 0.05) is 32.8 Å². The number of hydrogen-bond donors (Lipinski definition) is 2. The minimum atomic E-state index is -0.792. The van der Waals surface area contributed by atoms with E-state index >= 15 is 0 Å². The van der Waals surface area contributed by atoms with Crippen molar-refractivity contribution in [2.24, 2.45) is 5.73 Å². The second-order valence-electron chi connectivity index (χ2n) is 4.97. The number of halogens is 2. The van der Waals surface area contributed by atoms with E-state index in [1.165, 1.54) is 0 Å². The summed E-state index contributed by atoms with van der Waals surface area (Å²) >= 11 is 0. The van der Waals surface area contributed by atoms with Gasteiger partial charge in [0.05, 0.1) is 12.1 Å². The molecule has 0 spiro atoms. The third-order valence-corrected chi connectivity index (χ3v) is 2.80. The Morgan fingerprint density at radius 1 is 1.50 bits per heavy atom. The standard InChI is InChI=1S/C11H23N3O2.2ClH/c1-11(2,12)10(15)13-9-4-5-14(8-9)6-7-16-3;;/h9H,4-8,12H2,1-3H3,(H,13,15);2*1H. The van der Waals surface area contributed by atoms with Gasteiger partial charge < -0.3 is 15.8 Å². The molecule has 0 radical (unpaired) electrons. The molecule has 1 heterocycles. The summed E-state index contributed by atoms with van der Waals surface area (Å²) in [6, 6.07) is 0.229. The van der Waals surface area contributed by atoms with E-state index in [1.807, 2.05) is 0 Å². The fraction of sp³-hybridized carbons (Fsp3) is 0.909. The van der Waals surface area contributed by atoms with Crippen molar-refractivity contribution in [1.82, 2.24) is 10.2 Å². The first-order valence-corrected chi connectivity index (χ1v) is 5.74. The van der Waals surface area contributed by atoms with Crippen LogP contribution < -0.4 is 11.1 Å². The van der Waals surface area contributed by atoms with Crippen LogP contribution in [0.5, 0.6) is 0 Å². The van der Waals surface area contributed by atoms with E-state index in [2.05, 4.69) is 10.2 Å². The molecule has 0 saturated carbocycles. The number of nitrogens with two attached hydrogens (primary N) is 1. The predicted molar refractivity (Wildman–Crippen MR) is 77.6 cm³/mol. The minimum Gasteiger partial charge on any atom is -0.383 e. The molecule has 0 aliphatic carbocycles. The van der Waals surface area contributed by atoms with Crippen molar-refractivity contribution < 1.29 is 9.53 Å². The number of hydrogen-bond acceptors (Lipinski definition) is 4. The molecule has 1 amide bonds. The molecule has 3 N–H and O–H groups in total. The summed E-state index contributed by atoms with van der Waals surface area (Å²) in [5, 5.41) is 2.98. The SMILES string of the molecule is COCCN1CCC(NC(=O)C(C)(C)N)C1.Cl.Cl. The summed E-state index contributed by atoms with van der Waals surface area (Å²) < 4.78 is 5.03. The van der Waals surface area contributed by atoms with Gasteiger partial charge in [-0.3, -0.25) is 9.69 Å². The first kappa shape index (κ1) is 20.3. The van der Waals surface area contributed by atoms with Gasteiger partial charge in [0.15, 0.2) is 0 Å². The maximum atomic E-state index is 11.7. The van der Waals surface area contributed by atoms with Crippen molar-refractivity contribution in [3.05, 3.63) is 0 Å². The topological polar surface area (TPSA) is 67.6 Å². The van der Waals surface area contributed by atoms with Crippen molar-refractivity contribution in [3.8, 4) is 0 Å². The Morgan fingerprint density at radius 3 is 2.61 bits per heavy atom. The molecule has 110 valence electrons. The van der Waals surface area contributed by atoms with E-state index in [0.29, 0.717) is 0 Å². The Balaban J connectivity index is 0. The van der Waals surface area contributed by atoms with Gasteiger partial charge in [0.1, 0.15) is 0 Å². The molecule has 1 fully saturated rings. The van der Waals surface area contributed by atoms with Gasteiger partial charge in [0.2, 0.25) is 5.91 Å². The average molecular weight is 302 g/mol. The van der Waals surface area contributed by atoms with Gasteiger partial charge in [0.25, 0.3) is 0 Å². The molecule has 5 nitrogen and oxygen atoms in total. The van der Waals surface area contributed by atoms with Crippen LogP contribution in [0.25, 0.3) is 0 Å². The van der Waals surface area contributed by atoms with Gasteiger partial charge in [-0.25, -0.2) is 0 Å². The summed E-state index contributed by atoms with van der Waals surface area (Å²) in [5.74, 6) is -0.0777. The molecule has 0 aromatic rings. The number of methoxy groups -OCH3 is 1. The summed E-state index contributed by atoms with van der Waals surface area (Å²) in [4.78, 5) is 14.0. The summed E-state index contributed by atoms with van der Waals surface area (Å²) in [5.41, 5.74) is 4.93. The van der Waals surface area contributed by atoms with Crippen LogP contribution in [0.2, 0.25) is 0 Å². The summed E-state index contributed by atoms with van der Waals surface area (Å²) in [6.07, 6.45) is 0.992. The van der Waals surface area contributed by atoms with Crippen LogP contribution in [-0.2, 0) is 9.53 Å².